The van der Waals surface area contributed by atoms with E-state index in [0.29, 0.717) is 5.69 Å². The van der Waals surface area contributed by atoms with E-state index in [-0.39, 0.29) is 34.5 Å². The molecule has 2 aromatic carbocycles. The highest BCUT2D eigenvalue weighted by atomic mass is 32.2. The molecule has 0 aliphatic heterocycles. The Morgan fingerprint density at radius 3 is 2.34 bits per heavy atom. The van der Waals surface area contributed by atoms with Gasteiger partial charge in [-0.2, -0.15) is 0 Å². The van der Waals surface area contributed by atoms with E-state index in [0.717, 1.165) is 22.9 Å². The monoisotopic (exact) mass is 461 g/mol. The summed E-state index contributed by atoms with van der Waals surface area (Å²) < 4.78 is 9.92. The van der Waals surface area contributed by atoms with Crippen LogP contribution in [0.3, 0.4) is 0 Å². The molecule has 0 radical (unpaired) electrons. The predicted octanol–water partition coefficient (Wildman–Crippen LogP) is 3.07. The number of hydrogen-bond acceptors (Lipinski definition) is 8. The first-order chi connectivity index (χ1) is 15.2. The van der Waals surface area contributed by atoms with Crippen LogP contribution in [0.25, 0.3) is 0 Å². The Balaban J connectivity index is 1.73. The highest BCUT2D eigenvalue weighted by Gasteiger charge is 2.15. The molecule has 0 aromatic heterocycles. The van der Waals surface area contributed by atoms with Crippen molar-refractivity contribution in [2.75, 3.05) is 35.9 Å². The third-order valence-corrected chi connectivity index (χ3v) is 5.05. The molecule has 2 N–H and O–H groups in total. The molecule has 2 rings (SSSR count). The van der Waals surface area contributed by atoms with Crippen molar-refractivity contribution in [3.8, 4) is 5.75 Å². The molecule has 0 spiro atoms. The molecule has 0 saturated heterocycles. The number of non-ortho nitro benzene ring substituents is 1. The Bertz CT molecular complexity index is 1030. The van der Waals surface area contributed by atoms with Gasteiger partial charge in [-0.3, -0.25) is 24.5 Å². The number of benzene rings is 2. The maximum Gasteiger partial charge on any atom is 0.316 e. The lowest BCUT2D eigenvalue weighted by Crippen LogP contribution is -2.22. The lowest BCUT2D eigenvalue weighted by atomic mass is 10.1. The number of nitrogens with zero attached hydrogens (tertiary/aromatic N) is 1. The highest BCUT2D eigenvalue weighted by Crippen LogP contribution is 2.28. The summed E-state index contributed by atoms with van der Waals surface area (Å²) in [5.74, 6) is -1.49. The van der Waals surface area contributed by atoms with Crippen molar-refractivity contribution in [2.45, 2.75) is 13.8 Å². The van der Waals surface area contributed by atoms with Gasteiger partial charge in [-0.25, -0.2) is 0 Å². The second-order valence-corrected chi connectivity index (χ2v) is 7.70. The summed E-state index contributed by atoms with van der Waals surface area (Å²) in [6.45, 7) is 3.31. The number of aryl methyl sites for hydroxylation is 2. The number of ether oxygens (including phenoxy) is 2. The fourth-order valence-corrected chi connectivity index (χ4v) is 3.25. The van der Waals surface area contributed by atoms with Crippen molar-refractivity contribution in [3.05, 3.63) is 57.6 Å². The molecule has 0 saturated carbocycles. The highest BCUT2D eigenvalue weighted by molar-refractivity contribution is 8.00. The number of hydrogen-bond donors (Lipinski definition) is 2. The summed E-state index contributed by atoms with van der Waals surface area (Å²) in [5, 5.41) is 16.0. The Morgan fingerprint density at radius 2 is 1.69 bits per heavy atom. The van der Waals surface area contributed by atoms with Crippen LogP contribution in [0, 0.1) is 24.0 Å². The van der Waals surface area contributed by atoms with Gasteiger partial charge in [-0.05, 0) is 31.5 Å². The summed E-state index contributed by atoms with van der Waals surface area (Å²) in [6.07, 6.45) is 0. The van der Waals surface area contributed by atoms with E-state index in [1.54, 1.807) is 0 Å². The summed E-state index contributed by atoms with van der Waals surface area (Å²) in [6, 6.07) is 9.37. The van der Waals surface area contributed by atoms with Gasteiger partial charge in [-0.1, -0.05) is 17.7 Å². The molecule has 32 heavy (non-hydrogen) atoms. The van der Waals surface area contributed by atoms with E-state index in [2.05, 4.69) is 10.6 Å². The maximum absolute atomic E-state index is 12.0. The number of esters is 1. The van der Waals surface area contributed by atoms with E-state index in [1.807, 2.05) is 32.0 Å². The molecule has 0 fully saturated rings. The first kappa shape index (κ1) is 24.7. The minimum atomic E-state index is -0.653. The Hall–Kier alpha value is -3.60. The van der Waals surface area contributed by atoms with Crippen molar-refractivity contribution in [3.63, 3.8) is 0 Å². The first-order valence-electron chi connectivity index (χ1n) is 9.42. The fraction of sp³-hybridized carbons (Fsp3) is 0.286. The van der Waals surface area contributed by atoms with Gasteiger partial charge >= 0.3 is 5.97 Å². The van der Waals surface area contributed by atoms with Crippen LogP contribution in [-0.4, -0.2) is 47.9 Å². The molecule has 2 aromatic rings. The number of amides is 2. The van der Waals surface area contributed by atoms with Crippen molar-refractivity contribution < 1.29 is 28.8 Å². The summed E-state index contributed by atoms with van der Waals surface area (Å²) in [7, 11) is 1.31. The third-order valence-electron chi connectivity index (χ3n) is 4.14. The van der Waals surface area contributed by atoms with Crippen LogP contribution < -0.4 is 15.4 Å². The first-order valence-corrected chi connectivity index (χ1v) is 10.6. The van der Waals surface area contributed by atoms with Crippen LogP contribution in [0.1, 0.15) is 11.1 Å². The summed E-state index contributed by atoms with van der Waals surface area (Å²) in [4.78, 5) is 46.1. The molecule has 0 atom stereocenters. The number of methoxy groups -OCH3 is 1. The molecule has 0 bridgehead atoms. The van der Waals surface area contributed by atoms with Gasteiger partial charge in [0.2, 0.25) is 5.91 Å². The standard InChI is InChI=1S/C21H23N3O7S/c1-13-4-6-16(14(2)8-13)22-20(26)11-32-12-21(27)31-10-19(25)23-17-7-5-15(24(28)29)9-18(17)30-3/h4-9H,10-12H2,1-3H3,(H,22,26)(H,23,25). The Kier molecular flexibility index (Phi) is 9.02. The van der Waals surface area contributed by atoms with Crippen LogP contribution in [0.4, 0.5) is 17.1 Å². The predicted molar refractivity (Wildman–Crippen MR) is 121 cm³/mol. The molecule has 2 amide bonds. The van der Waals surface area contributed by atoms with E-state index >= 15 is 0 Å². The van der Waals surface area contributed by atoms with Crippen molar-refractivity contribution in [1.82, 2.24) is 0 Å². The second-order valence-electron chi connectivity index (χ2n) is 6.71. The maximum atomic E-state index is 12.0. The van der Waals surface area contributed by atoms with Crippen LogP contribution in [-0.2, 0) is 19.1 Å². The molecule has 0 unspecified atom stereocenters. The molecule has 11 heteroatoms. The minimum Gasteiger partial charge on any atom is -0.494 e. The average molecular weight is 461 g/mol. The summed E-state index contributed by atoms with van der Waals surface area (Å²) in [5.41, 5.74) is 2.76. The van der Waals surface area contributed by atoms with Gasteiger partial charge in [0, 0.05) is 11.8 Å². The SMILES string of the molecule is COc1cc([N+](=O)[O-])ccc1NC(=O)COC(=O)CSCC(=O)Nc1ccc(C)cc1C. The number of anilines is 2. The van der Waals surface area contributed by atoms with Gasteiger partial charge in [0.25, 0.3) is 11.6 Å². The van der Waals surface area contributed by atoms with Crippen molar-refractivity contribution in [2.24, 2.45) is 0 Å². The molecule has 10 nitrogen and oxygen atoms in total. The van der Waals surface area contributed by atoms with Gasteiger partial charge in [0.05, 0.1) is 35.3 Å². The number of thioether (sulfide) groups is 1. The topological polar surface area (TPSA) is 137 Å². The van der Waals surface area contributed by atoms with E-state index in [1.165, 1.54) is 25.3 Å². The molecular weight excluding hydrogens is 438 g/mol. The number of carbonyl (C=O) groups is 3. The van der Waals surface area contributed by atoms with E-state index in [9.17, 15) is 24.5 Å². The molecule has 0 aliphatic rings. The van der Waals surface area contributed by atoms with E-state index in [4.69, 9.17) is 9.47 Å². The van der Waals surface area contributed by atoms with Crippen LogP contribution >= 0.6 is 11.8 Å². The van der Waals surface area contributed by atoms with Crippen LogP contribution in [0.5, 0.6) is 5.75 Å². The zero-order valence-corrected chi connectivity index (χ0v) is 18.6. The van der Waals surface area contributed by atoms with Gasteiger partial charge in [0.1, 0.15) is 5.75 Å². The van der Waals surface area contributed by atoms with Crippen LogP contribution in [0.2, 0.25) is 0 Å². The number of rotatable bonds is 10. The average Bonchev–Trinajstić information content (AvgIpc) is 2.74. The minimum absolute atomic E-state index is 0.0502. The largest absolute Gasteiger partial charge is 0.494 e. The third kappa shape index (κ3) is 7.58. The molecule has 0 heterocycles. The lowest BCUT2D eigenvalue weighted by Gasteiger charge is -2.10. The number of nitro groups is 1. The zero-order valence-electron chi connectivity index (χ0n) is 17.8. The number of nitrogens with one attached hydrogen (secondary N) is 2. The second kappa shape index (κ2) is 11.7. The molecule has 170 valence electrons. The normalized spacial score (nSPS) is 10.2. The zero-order chi connectivity index (χ0) is 23.7. The van der Waals surface area contributed by atoms with Crippen molar-refractivity contribution >= 4 is 46.6 Å². The Morgan fingerprint density at radius 1 is 1.00 bits per heavy atom. The number of carbonyl (C=O) groups excluding carboxylic acids is 3. The Labute approximate surface area is 188 Å². The molecular formula is C21H23N3O7S. The van der Waals surface area contributed by atoms with Crippen molar-refractivity contribution in [1.29, 1.82) is 0 Å². The smallest absolute Gasteiger partial charge is 0.316 e. The van der Waals surface area contributed by atoms with Crippen LogP contribution in [0.15, 0.2) is 36.4 Å². The van der Waals surface area contributed by atoms with Gasteiger partial charge < -0.3 is 20.1 Å². The van der Waals surface area contributed by atoms with Gasteiger partial charge in [0.15, 0.2) is 6.61 Å². The number of nitro benzene ring substituents is 1. The quantitative estimate of drug-likeness (QED) is 0.313. The summed E-state index contributed by atoms with van der Waals surface area (Å²) >= 11 is 1.06. The van der Waals surface area contributed by atoms with Gasteiger partial charge in [-0.15, -0.1) is 11.8 Å². The molecule has 0 aliphatic carbocycles. The van der Waals surface area contributed by atoms with E-state index < -0.39 is 23.4 Å². The fourth-order valence-electron chi connectivity index (χ4n) is 2.64. The lowest BCUT2D eigenvalue weighted by molar-refractivity contribution is -0.384.